The Balaban J connectivity index is 3.04. The number of aldehydes is 1. The molecular formula is C10H14O3. The van der Waals surface area contributed by atoms with E-state index in [0.29, 0.717) is 12.2 Å². The Kier molecular flexibility index (Phi) is 2.88. The van der Waals surface area contributed by atoms with Crippen LogP contribution in [-0.2, 0) is 14.3 Å². The fourth-order valence-electron chi connectivity index (χ4n) is 1.48. The lowest BCUT2D eigenvalue weighted by atomic mass is 9.89. The van der Waals surface area contributed by atoms with Gasteiger partial charge in [0.2, 0.25) is 0 Å². The van der Waals surface area contributed by atoms with E-state index in [1.807, 2.05) is 13.0 Å². The van der Waals surface area contributed by atoms with Gasteiger partial charge in [-0.2, -0.15) is 0 Å². The number of carbonyl (C=O) groups is 1. The van der Waals surface area contributed by atoms with Crippen LogP contribution in [0.2, 0.25) is 0 Å². The minimum Gasteiger partial charge on any atom is -0.498 e. The van der Waals surface area contributed by atoms with Crippen LogP contribution >= 0.6 is 0 Å². The van der Waals surface area contributed by atoms with E-state index in [-0.39, 0.29) is 0 Å². The summed E-state index contributed by atoms with van der Waals surface area (Å²) in [6.07, 6.45) is 5.06. The van der Waals surface area contributed by atoms with Gasteiger partial charge in [-0.05, 0) is 13.0 Å². The number of hydrogen-bond acceptors (Lipinski definition) is 3. The van der Waals surface area contributed by atoms with Crippen molar-refractivity contribution < 1.29 is 14.3 Å². The zero-order chi connectivity index (χ0) is 9.90. The van der Waals surface area contributed by atoms with Crippen LogP contribution < -0.4 is 0 Å². The lowest BCUT2D eigenvalue weighted by molar-refractivity contribution is -0.127. The predicted octanol–water partition coefficient (Wildman–Crippen LogP) is 1.45. The summed E-state index contributed by atoms with van der Waals surface area (Å²) < 4.78 is 10.3. The van der Waals surface area contributed by atoms with Gasteiger partial charge in [0.25, 0.3) is 0 Å². The molecule has 0 bridgehead atoms. The van der Waals surface area contributed by atoms with E-state index in [9.17, 15) is 4.79 Å². The zero-order valence-corrected chi connectivity index (χ0v) is 8.16. The molecule has 0 saturated carbocycles. The van der Waals surface area contributed by atoms with Crippen molar-refractivity contribution in [2.24, 2.45) is 0 Å². The zero-order valence-electron chi connectivity index (χ0n) is 8.16. The normalized spacial score (nSPS) is 27.6. The van der Waals surface area contributed by atoms with Gasteiger partial charge in [0, 0.05) is 13.5 Å². The number of methoxy groups -OCH3 is 2. The summed E-state index contributed by atoms with van der Waals surface area (Å²) in [7, 11) is 3.05. The Bertz CT molecular complexity index is 265. The smallest absolute Gasteiger partial charge is 0.183 e. The summed E-state index contributed by atoms with van der Waals surface area (Å²) in [5.74, 6) is 0.565. The summed E-state index contributed by atoms with van der Waals surface area (Å²) in [5, 5.41) is 0. The van der Waals surface area contributed by atoms with Crippen molar-refractivity contribution in [2.45, 2.75) is 18.9 Å². The molecule has 0 spiro atoms. The molecule has 0 aromatic carbocycles. The van der Waals surface area contributed by atoms with Crippen molar-refractivity contribution in [3.05, 3.63) is 23.5 Å². The van der Waals surface area contributed by atoms with Gasteiger partial charge < -0.3 is 9.47 Å². The molecule has 1 rings (SSSR count). The molecule has 1 unspecified atom stereocenters. The third kappa shape index (κ3) is 1.65. The summed E-state index contributed by atoms with van der Waals surface area (Å²) in [5.41, 5.74) is 0.197. The van der Waals surface area contributed by atoms with Crippen LogP contribution in [0.5, 0.6) is 0 Å². The fraction of sp³-hybridized carbons (Fsp3) is 0.500. The second-order valence-electron chi connectivity index (χ2n) is 3.14. The molecule has 1 atom stereocenters. The van der Waals surface area contributed by atoms with Crippen molar-refractivity contribution >= 4 is 6.29 Å². The van der Waals surface area contributed by atoms with Gasteiger partial charge in [-0.15, -0.1) is 0 Å². The molecule has 0 aromatic rings. The Morgan fingerprint density at radius 2 is 2.15 bits per heavy atom. The predicted molar refractivity (Wildman–Crippen MR) is 49.3 cm³/mol. The summed E-state index contributed by atoms with van der Waals surface area (Å²) in [6, 6.07) is 0. The first-order chi connectivity index (χ1) is 6.18. The fourth-order valence-corrected chi connectivity index (χ4v) is 1.48. The Labute approximate surface area is 78.0 Å². The molecule has 72 valence electrons. The highest BCUT2D eigenvalue weighted by Crippen LogP contribution is 2.30. The van der Waals surface area contributed by atoms with Gasteiger partial charge in [0.1, 0.15) is 5.76 Å². The number of hydrogen-bond donors (Lipinski definition) is 0. The van der Waals surface area contributed by atoms with Gasteiger partial charge in [-0.25, -0.2) is 0 Å². The largest absolute Gasteiger partial charge is 0.498 e. The monoisotopic (exact) mass is 182 g/mol. The van der Waals surface area contributed by atoms with Crippen LogP contribution in [0.25, 0.3) is 0 Å². The molecule has 0 fully saturated rings. The Morgan fingerprint density at radius 1 is 1.46 bits per heavy atom. The number of allylic oxidation sites excluding steroid dienone is 2. The van der Waals surface area contributed by atoms with Crippen LogP contribution in [0.4, 0.5) is 0 Å². The third-order valence-electron chi connectivity index (χ3n) is 2.25. The molecule has 0 aliphatic heterocycles. The maximum absolute atomic E-state index is 11.0. The minimum absolute atomic E-state index is 0.562. The van der Waals surface area contributed by atoms with Gasteiger partial charge in [-0.1, -0.05) is 11.6 Å². The molecule has 3 nitrogen and oxygen atoms in total. The highest BCUT2D eigenvalue weighted by molar-refractivity contribution is 5.69. The van der Waals surface area contributed by atoms with Crippen molar-refractivity contribution in [3.63, 3.8) is 0 Å². The first-order valence-corrected chi connectivity index (χ1v) is 4.12. The van der Waals surface area contributed by atoms with Crippen LogP contribution in [0, 0.1) is 0 Å². The Morgan fingerprint density at radius 3 is 2.62 bits per heavy atom. The molecule has 0 saturated heterocycles. The van der Waals surface area contributed by atoms with Crippen LogP contribution in [0.15, 0.2) is 23.5 Å². The second-order valence-corrected chi connectivity index (χ2v) is 3.14. The molecule has 0 aromatic heterocycles. The first kappa shape index (κ1) is 9.99. The highest BCUT2D eigenvalue weighted by atomic mass is 16.5. The summed E-state index contributed by atoms with van der Waals surface area (Å²) in [6.45, 7) is 1.96. The van der Waals surface area contributed by atoms with E-state index in [1.54, 1.807) is 6.08 Å². The molecule has 13 heavy (non-hydrogen) atoms. The van der Waals surface area contributed by atoms with E-state index < -0.39 is 5.60 Å². The topological polar surface area (TPSA) is 35.5 Å². The van der Waals surface area contributed by atoms with Gasteiger partial charge >= 0.3 is 0 Å². The average Bonchev–Trinajstić information content (AvgIpc) is 2.17. The lowest BCUT2D eigenvalue weighted by Gasteiger charge is -2.30. The molecule has 0 heterocycles. The van der Waals surface area contributed by atoms with Gasteiger partial charge in [0.05, 0.1) is 7.11 Å². The van der Waals surface area contributed by atoms with Crippen LogP contribution in [0.3, 0.4) is 0 Å². The second kappa shape index (κ2) is 3.75. The molecular weight excluding hydrogens is 168 g/mol. The minimum atomic E-state index is -0.909. The maximum atomic E-state index is 11.0. The summed E-state index contributed by atoms with van der Waals surface area (Å²) >= 11 is 0. The number of rotatable bonds is 3. The quantitative estimate of drug-likeness (QED) is 0.620. The van der Waals surface area contributed by atoms with Gasteiger partial charge in [-0.3, -0.25) is 4.79 Å². The Hall–Kier alpha value is -1.09. The van der Waals surface area contributed by atoms with Crippen molar-refractivity contribution in [2.75, 3.05) is 14.2 Å². The highest BCUT2D eigenvalue weighted by Gasteiger charge is 2.37. The molecule has 0 N–H and O–H groups in total. The van der Waals surface area contributed by atoms with E-state index in [2.05, 4.69) is 0 Å². The number of carbonyl (C=O) groups excluding carboxylic acids is 1. The molecule has 0 radical (unpaired) electrons. The maximum Gasteiger partial charge on any atom is 0.183 e. The molecule has 3 heteroatoms. The van der Waals surface area contributed by atoms with E-state index in [1.165, 1.54) is 14.2 Å². The number of ether oxygens (including phenoxy) is 2. The molecule has 1 aliphatic rings. The van der Waals surface area contributed by atoms with E-state index in [0.717, 1.165) is 11.9 Å². The third-order valence-corrected chi connectivity index (χ3v) is 2.25. The van der Waals surface area contributed by atoms with Crippen molar-refractivity contribution in [1.29, 1.82) is 0 Å². The molecule has 1 aliphatic carbocycles. The van der Waals surface area contributed by atoms with Gasteiger partial charge in [0.15, 0.2) is 11.9 Å². The average molecular weight is 182 g/mol. The van der Waals surface area contributed by atoms with Crippen molar-refractivity contribution in [3.8, 4) is 0 Å². The molecule has 0 amide bonds. The van der Waals surface area contributed by atoms with E-state index >= 15 is 0 Å². The van der Waals surface area contributed by atoms with E-state index in [4.69, 9.17) is 9.47 Å². The van der Waals surface area contributed by atoms with Crippen LogP contribution in [-0.4, -0.2) is 26.1 Å². The first-order valence-electron chi connectivity index (χ1n) is 4.12. The van der Waals surface area contributed by atoms with Crippen LogP contribution in [0.1, 0.15) is 13.3 Å². The SMILES string of the molecule is COC1=CC=C(C)CC1(C=O)OC. The summed E-state index contributed by atoms with van der Waals surface area (Å²) in [4.78, 5) is 11.0. The standard InChI is InChI=1S/C10H14O3/c1-8-4-5-9(12-2)10(6-8,7-11)13-3/h4-5,7H,6H2,1-3H3. The van der Waals surface area contributed by atoms with Crippen molar-refractivity contribution in [1.82, 2.24) is 0 Å². The lowest BCUT2D eigenvalue weighted by Crippen LogP contribution is -2.38.